The highest BCUT2D eigenvalue weighted by molar-refractivity contribution is 9.10. The fraction of sp³-hybridized carbons (Fsp3) is 0.321. The molecule has 0 radical (unpaired) electrons. The zero-order valence-corrected chi connectivity index (χ0v) is 24.8. The third-order valence-electron chi connectivity index (χ3n) is 6.10. The molecule has 0 bridgehead atoms. The number of amides is 1. The van der Waals surface area contributed by atoms with Gasteiger partial charge in [-0.25, -0.2) is 9.67 Å². The summed E-state index contributed by atoms with van der Waals surface area (Å²) in [5.41, 5.74) is 4.78. The quantitative estimate of drug-likeness (QED) is 0.166. The number of ether oxygens (including phenoxy) is 2. The molecule has 0 saturated heterocycles. The number of carbonyl (C=O) groups is 1. The van der Waals surface area contributed by atoms with Crippen LogP contribution >= 0.6 is 15.9 Å². The SMILES string of the molecule is COc1ccccc1-c1nn(COCC[Si](C)(C)C)c2ncc(-c3ccc(Br)c(C(=O)N(C)C)c3)cc12. The van der Waals surface area contributed by atoms with E-state index in [1.54, 1.807) is 26.1 Å². The topological polar surface area (TPSA) is 69.5 Å². The van der Waals surface area contributed by atoms with Crippen molar-refractivity contribution in [2.24, 2.45) is 0 Å². The molecule has 2 heterocycles. The van der Waals surface area contributed by atoms with Gasteiger partial charge in [-0.3, -0.25) is 4.79 Å². The number of nitrogens with zero attached hydrogens (tertiary/aromatic N) is 4. The summed E-state index contributed by atoms with van der Waals surface area (Å²) in [5.74, 6) is 0.669. The molecule has 1 amide bonds. The molecule has 0 aliphatic heterocycles. The van der Waals surface area contributed by atoms with E-state index in [4.69, 9.17) is 19.6 Å². The van der Waals surface area contributed by atoms with E-state index in [1.165, 1.54) is 0 Å². The van der Waals surface area contributed by atoms with Crippen molar-refractivity contribution >= 4 is 40.9 Å². The number of fused-ring (bicyclic) bond motifs is 1. The van der Waals surface area contributed by atoms with Crippen molar-refractivity contribution < 1.29 is 14.3 Å². The second-order valence-electron chi connectivity index (χ2n) is 10.4. The zero-order chi connectivity index (χ0) is 26.7. The highest BCUT2D eigenvalue weighted by atomic mass is 79.9. The average Bonchev–Trinajstić information content (AvgIpc) is 3.23. The largest absolute Gasteiger partial charge is 0.496 e. The maximum atomic E-state index is 12.7. The summed E-state index contributed by atoms with van der Waals surface area (Å²) >= 11 is 3.51. The van der Waals surface area contributed by atoms with Gasteiger partial charge in [0.05, 0.1) is 12.7 Å². The van der Waals surface area contributed by atoms with E-state index in [1.807, 2.05) is 53.3 Å². The summed E-state index contributed by atoms with van der Waals surface area (Å²) < 4.78 is 14.2. The first-order valence-electron chi connectivity index (χ1n) is 12.2. The zero-order valence-electron chi connectivity index (χ0n) is 22.2. The Balaban J connectivity index is 1.80. The molecule has 0 fully saturated rings. The molecule has 37 heavy (non-hydrogen) atoms. The number of hydrogen-bond donors (Lipinski definition) is 0. The number of benzene rings is 2. The Morgan fingerprint density at radius 3 is 2.54 bits per heavy atom. The second kappa shape index (κ2) is 11.2. The summed E-state index contributed by atoms with van der Waals surface area (Å²) in [4.78, 5) is 19.1. The molecule has 0 unspecified atom stereocenters. The van der Waals surface area contributed by atoms with Crippen LogP contribution < -0.4 is 4.74 Å². The Morgan fingerprint density at radius 1 is 1.08 bits per heavy atom. The first-order valence-corrected chi connectivity index (χ1v) is 16.7. The van der Waals surface area contributed by atoms with Crippen molar-refractivity contribution in [3.8, 4) is 28.1 Å². The van der Waals surface area contributed by atoms with Gasteiger partial charge in [-0.1, -0.05) is 37.8 Å². The van der Waals surface area contributed by atoms with Crippen molar-refractivity contribution in [1.29, 1.82) is 0 Å². The molecule has 0 aliphatic carbocycles. The van der Waals surface area contributed by atoms with Crippen LogP contribution in [-0.2, 0) is 11.5 Å². The normalized spacial score (nSPS) is 11.6. The van der Waals surface area contributed by atoms with E-state index in [-0.39, 0.29) is 5.91 Å². The predicted molar refractivity (Wildman–Crippen MR) is 155 cm³/mol. The number of pyridine rings is 1. The van der Waals surface area contributed by atoms with Crippen LogP contribution in [-0.4, -0.2) is 61.5 Å². The summed E-state index contributed by atoms with van der Waals surface area (Å²) in [5, 5.41) is 5.80. The number of para-hydroxylation sites is 1. The number of methoxy groups -OCH3 is 1. The number of rotatable bonds is 9. The molecular weight excluding hydrogens is 548 g/mol. The molecule has 0 spiro atoms. The molecule has 4 aromatic rings. The maximum Gasteiger partial charge on any atom is 0.254 e. The van der Waals surface area contributed by atoms with Crippen molar-refractivity contribution in [3.63, 3.8) is 0 Å². The standard InChI is InChI=1S/C28H33BrN4O3Si/c1-32(2)28(34)22-15-19(11-12-24(22)29)20-16-23-26(21-9-7-8-10-25(21)35-3)31-33(27(23)30-17-20)18-36-13-14-37(4,5)6/h7-12,15-17H,13-14,18H2,1-6H3. The Kier molecular flexibility index (Phi) is 8.16. The fourth-order valence-electron chi connectivity index (χ4n) is 3.99. The van der Waals surface area contributed by atoms with Crippen molar-refractivity contribution in [1.82, 2.24) is 19.7 Å². The van der Waals surface area contributed by atoms with E-state index in [2.05, 4.69) is 41.6 Å². The van der Waals surface area contributed by atoms with Crippen LogP contribution in [0.4, 0.5) is 0 Å². The highest BCUT2D eigenvalue weighted by Gasteiger charge is 2.19. The maximum absolute atomic E-state index is 12.7. The van der Waals surface area contributed by atoms with Gasteiger partial charge in [0.25, 0.3) is 5.91 Å². The Morgan fingerprint density at radius 2 is 1.84 bits per heavy atom. The second-order valence-corrected chi connectivity index (χ2v) is 16.9. The lowest BCUT2D eigenvalue weighted by Gasteiger charge is -2.15. The molecule has 2 aromatic carbocycles. The Labute approximate surface area is 227 Å². The average molecular weight is 582 g/mol. The van der Waals surface area contributed by atoms with Crippen LogP contribution in [0.5, 0.6) is 5.75 Å². The van der Waals surface area contributed by atoms with Gasteiger partial charge < -0.3 is 14.4 Å². The minimum absolute atomic E-state index is 0.0687. The molecule has 0 saturated carbocycles. The minimum Gasteiger partial charge on any atom is -0.496 e. The van der Waals surface area contributed by atoms with Gasteiger partial charge in [0.15, 0.2) is 5.65 Å². The van der Waals surface area contributed by atoms with E-state index >= 15 is 0 Å². The van der Waals surface area contributed by atoms with Gasteiger partial charge in [-0.2, -0.15) is 5.10 Å². The Hall–Kier alpha value is -3.01. The van der Waals surface area contributed by atoms with E-state index < -0.39 is 8.07 Å². The van der Waals surface area contributed by atoms with E-state index in [0.717, 1.165) is 49.7 Å². The van der Waals surface area contributed by atoms with Gasteiger partial charge >= 0.3 is 0 Å². The smallest absolute Gasteiger partial charge is 0.254 e. The van der Waals surface area contributed by atoms with Crippen molar-refractivity contribution in [3.05, 3.63) is 64.8 Å². The lowest BCUT2D eigenvalue weighted by atomic mass is 10.0. The third kappa shape index (κ3) is 6.11. The van der Waals surface area contributed by atoms with E-state index in [9.17, 15) is 4.79 Å². The van der Waals surface area contributed by atoms with Gasteiger partial charge in [-0.05, 0) is 57.9 Å². The summed E-state index contributed by atoms with van der Waals surface area (Å²) in [6, 6.07) is 16.8. The molecule has 4 rings (SSSR count). The number of hydrogen-bond acceptors (Lipinski definition) is 5. The van der Waals surface area contributed by atoms with E-state index in [0.29, 0.717) is 18.9 Å². The molecule has 0 atom stereocenters. The van der Waals surface area contributed by atoms with Gasteiger partial charge in [-0.15, -0.1) is 0 Å². The first kappa shape index (κ1) is 27.0. The van der Waals surface area contributed by atoms with Crippen LogP contribution in [0.15, 0.2) is 59.2 Å². The van der Waals surface area contributed by atoms with Crippen molar-refractivity contribution in [2.75, 3.05) is 27.8 Å². The number of halogens is 1. The van der Waals surface area contributed by atoms with Gasteiger partial charge in [0, 0.05) is 56.0 Å². The highest BCUT2D eigenvalue weighted by Crippen LogP contribution is 2.36. The molecule has 2 aromatic heterocycles. The lowest BCUT2D eigenvalue weighted by Crippen LogP contribution is -2.22. The molecular formula is C28H33BrN4O3Si. The predicted octanol–water partition coefficient (Wildman–Crippen LogP) is 6.55. The molecule has 9 heteroatoms. The third-order valence-corrected chi connectivity index (χ3v) is 8.49. The molecule has 0 N–H and O–H groups in total. The van der Waals surface area contributed by atoms with Crippen LogP contribution in [0.25, 0.3) is 33.4 Å². The number of aromatic nitrogens is 3. The van der Waals surface area contributed by atoms with Crippen molar-refractivity contribution in [2.45, 2.75) is 32.4 Å². The summed E-state index contributed by atoms with van der Waals surface area (Å²) in [6.45, 7) is 8.02. The van der Waals surface area contributed by atoms with Crippen LogP contribution in [0.1, 0.15) is 10.4 Å². The van der Waals surface area contributed by atoms with Gasteiger partial charge in [0.2, 0.25) is 0 Å². The first-order chi connectivity index (χ1) is 17.6. The van der Waals surface area contributed by atoms with Crippen LogP contribution in [0.2, 0.25) is 25.7 Å². The number of carbonyl (C=O) groups excluding carboxylic acids is 1. The van der Waals surface area contributed by atoms with Crippen LogP contribution in [0, 0.1) is 0 Å². The minimum atomic E-state index is -1.20. The molecule has 194 valence electrons. The summed E-state index contributed by atoms with van der Waals surface area (Å²) in [6.07, 6.45) is 1.82. The fourth-order valence-corrected chi connectivity index (χ4v) is 5.16. The van der Waals surface area contributed by atoms with Crippen LogP contribution in [0.3, 0.4) is 0 Å². The molecule has 0 aliphatic rings. The Bertz CT molecular complexity index is 1430. The van der Waals surface area contributed by atoms with Gasteiger partial charge in [0.1, 0.15) is 18.2 Å². The monoisotopic (exact) mass is 580 g/mol. The molecule has 7 nitrogen and oxygen atoms in total. The summed E-state index contributed by atoms with van der Waals surface area (Å²) in [7, 11) is 3.95. The lowest BCUT2D eigenvalue weighted by molar-refractivity contribution is 0.0814.